The van der Waals surface area contributed by atoms with Crippen molar-refractivity contribution in [3.8, 4) is 0 Å². The van der Waals surface area contributed by atoms with Crippen LogP contribution in [0.5, 0.6) is 0 Å². The number of rotatable bonds is 5. The smallest absolute Gasteiger partial charge is 0.0662 e. The number of aromatic nitrogens is 3. The molecule has 1 atom stereocenters. The van der Waals surface area contributed by atoms with Crippen molar-refractivity contribution in [2.24, 2.45) is 0 Å². The van der Waals surface area contributed by atoms with Gasteiger partial charge in [-0.3, -0.25) is 14.6 Å². The molecule has 0 unspecified atom stereocenters. The first kappa shape index (κ1) is 14.2. The van der Waals surface area contributed by atoms with Gasteiger partial charge in [-0.2, -0.15) is 5.10 Å². The van der Waals surface area contributed by atoms with E-state index in [1.807, 2.05) is 24.7 Å². The van der Waals surface area contributed by atoms with Crippen molar-refractivity contribution in [1.29, 1.82) is 0 Å². The number of fused-ring (bicyclic) bond motifs is 1. The molecule has 0 N–H and O–H groups in total. The highest BCUT2D eigenvalue weighted by Crippen LogP contribution is 2.24. The molecule has 1 aliphatic heterocycles. The van der Waals surface area contributed by atoms with E-state index >= 15 is 0 Å². The number of hydrogen-bond acceptors (Lipinski definition) is 4. The van der Waals surface area contributed by atoms with Crippen LogP contribution in [0.2, 0.25) is 0 Å². The molecule has 0 aromatic carbocycles. The summed E-state index contributed by atoms with van der Waals surface area (Å²) in [6.45, 7) is 4.06. The molecule has 0 radical (unpaired) electrons. The third kappa shape index (κ3) is 3.49. The molecule has 1 aliphatic rings. The summed E-state index contributed by atoms with van der Waals surface area (Å²) in [5.41, 5.74) is 2.59. The van der Waals surface area contributed by atoms with E-state index in [0.717, 1.165) is 32.6 Å². The van der Waals surface area contributed by atoms with E-state index < -0.39 is 0 Å². The minimum atomic E-state index is 0.461. The minimum Gasteiger partial charge on any atom is -0.309 e. The Morgan fingerprint density at radius 2 is 2.19 bits per heavy atom. The molecule has 3 rings (SSSR count). The Hall–Kier alpha value is -1.72. The van der Waals surface area contributed by atoms with Gasteiger partial charge in [-0.1, -0.05) is 6.07 Å². The van der Waals surface area contributed by atoms with E-state index in [0.29, 0.717) is 6.04 Å². The van der Waals surface area contributed by atoms with Crippen LogP contribution < -0.4 is 0 Å². The Labute approximate surface area is 126 Å². The van der Waals surface area contributed by atoms with Gasteiger partial charge in [0.1, 0.15) is 0 Å². The molecule has 2 aromatic rings. The highest BCUT2D eigenvalue weighted by atomic mass is 15.4. The lowest BCUT2D eigenvalue weighted by Gasteiger charge is -2.34. The quantitative estimate of drug-likeness (QED) is 0.839. The molecule has 3 heterocycles. The van der Waals surface area contributed by atoms with Gasteiger partial charge in [0.15, 0.2) is 0 Å². The van der Waals surface area contributed by atoms with Gasteiger partial charge in [-0.15, -0.1) is 0 Å². The molecule has 5 nitrogen and oxygen atoms in total. The molecule has 5 heteroatoms. The standard InChI is InChI=1S/C16H23N5/c1-19(2)9-6-16-13-20(11-14-4-3-7-17-10-14)12-15-5-8-18-21(15)16/h3-5,7-8,10,16H,6,9,11-13H2,1-2H3/t16-/m1/s1. The molecule has 0 saturated heterocycles. The Kier molecular flexibility index (Phi) is 4.31. The van der Waals surface area contributed by atoms with Crippen LogP contribution in [-0.2, 0) is 13.1 Å². The summed E-state index contributed by atoms with van der Waals surface area (Å²) in [7, 11) is 4.25. The fraction of sp³-hybridized carbons (Fsp3) is 0.500. The molecule has 0 fully saturated rings. The van der Waals surface area contributed by atoms with Gasteiger partial charge in [0.2, 0.25) is 0 Å². The highest BCUT2D eigenvalue weighted by Gasteiger charge is 2.25. The van der Waals surface area contributed by atoms with Gasteiger partial charge in [0.25, 0.3) is 0 Å². The second-order valence-corrected chi connectivity index (χ2v) is 6.04. The van der Waals surface area contributed by atoms with Crippen LogP contribution in [0.1, 0.15) is 23.7 Å². The third-order valence-corrected chi connectivity index (χ3v) is 3.99. The average molecular weight is 285 g/mol. The van der Waals surface area contributed by atoms with Crippen LogP contribution in [0.3, 0.4) is 0 Å². The van der Waals surface area contributed by atoms with Gasteiger partial charge >= 0.3 is 0 Å². The van der Waals surface area contributed by atoms with E-state index in [9.17, 15) is 0 Å². The van der Waals surface area contributed by atoms with Crippen molar-refractivity contribution in [3.63, 3.8) is 0 Å². The molecule has 0 aliphatic carbocycles. The Morgan fingerprint density at radius 3 is 2.95 bits per heavy atom. The molecule has 2 aromatic heterocycles. The molecule has 112 valence electrons. The maximum absolute atomic E-state index is 4.52. The lowest BCUT2D eigenvalue weighted by atomic mass is 10.1. The number of pyridine rings is 1. The largest absolute Gasteiger partial charge is 0.309 e. The molecular weight excluding hydrogens is 262 g/mol. The first-order valence-electron chi connectivity index (χ1n) is 7.51. The minimum absolute atomic E-state index is 0.461. The van der Waals surface area contributed by atoms with E-state index in [4.69, 9.17) is 0 Å². The first-order chi connectivity index (χ1) is 10.2. The van der Waals surface area contributed by atoms with Crippen LogP contribution in [0.25, 0.3) is 0 Å². The predicted molar refractivity (Wildman–Crippen MR) is 82.8 cm³/mol. The van der Waals surface area contributed by atoms with Crippen molar-refractivity contribution in [2.45, 2.75) is 25.6 Å². The predicted octanol–water partition coefficient (Wildman–Crippen LogP) is 1.79. The van der Waals surface area contributed by atoms with Gasteiger partial charge in [-0.05, 0) is 44.8 Å². The molecule has 0 bridgehead atoms. The monoisotopic (exact) mass is 285 g/mol. The first-order valence-corrected chi connectivity index (χ1v) is 7.51. The summed E-state index contributed by atoms with van der Waals surface area (Å²) in [5, 5.41) is 4.52. The second-order valence-electron chi connectivity index (χ2n) is 6.04. The topological polar surface area (TPSA) is 37.2 Å². The molecule has 0 spiro atoms. The van der Waals surface area contributed by atoms with Crippen molar-refractivity contribution < 1.29 is 0 Å². The average Bonchev–Trinajstić information content (AvgIpc) is 2.94. The molecular formula is C16H23N5. The van der Waals surface area contributed by atoms with E-state index in [-0.39, 0.29) is 0 Å². The Bertz CT molecular complexity index is 563. The number of nitrogens with zero attached hydrogens (tertiary/aromatic N) is 5. The maximum Gasteiger partial charge on any atom is 0.0662 e. The second kappa shape index (κ2) is 6.37. The zero-order valence-electron chi connectivity index (χ0n) is 12.8. The zero-order valence-corrected chi connectivity index (χ0v) is 12.8. The SMILES string of the molecule is CN(C)CC[C@@H]1CN(Cc2cccnc2)Cc2ccnn21. The van der Waals surface area contributed by atoms with Gasteiger partial charge in [0.05, 0.1) is 11.7 Å². The summed E-state index contributed by atoms with van der Waals surface area (Å²) < 4.78 is 2.21. The number of hydrogen-bond donors (Lipinski definition) is 0. The highest BCUT2D eigenvalue weighted by molar-refractivity contribution is 5.10. The summed E-state index contributed by atoms with van der Waals surface area (Å²) in [4.78, 5) is 8.95. The summed E-state index contributed by atoms with van der Waals surface area (Å²) in [6, 6.07) is 6.75. The van der Waals surface area contributed by atoms with Crippen LogP contribution in [-0.4, -0.2) is 51.7 Å². The Morgan fingerprint density at radius 1 is 1.29 bits per heavy atom. The van der Waals surface area contributed by atoms with E-state index in [1.165, 1.54) is 11.3 Å². The van der Waals surface area contributed by atoms with Crippen molar-refractivity contribution in [1.82, 2.24) is 24.6 Å². The molecule has 0 saturated carbocycles. The molecule has 0 amide bonds. The Balaban J connectivity index is 1.71. The molecule has 21 heavy (non-hydrogen) atoms. The zero-order chi connectivity index (χ0) is 14.7. The van der Waals surface area contributed by atoms with E-state index in [1.54, 1.807) is 0 Å². The summed E-state index contributed by atoms with van der Waals surface area (Å²) in [6.07, 6.45) is 6.84. The van der Waals surface area contributed by atoms with Gasteiger partial charge in [0, 0.05) is 38.2 Å². The van der Waals surface area contributed by atoms with Crippen molar-refractivity contribution >= 4 is 0 Å². The van der Waals surface area contributed by atoms with Crippen molar-refractivity contribution in [2.75, 3.05) is 27.2 Å². The van der Waals surface area contributed by atoms with Crippen LogP contribution in [0, 0.1) is 0 Å². The van der Waals surface area contributed by atoms with Crippen LogP contribution in [0.15, 0.2) is 36.8 Å². The summed E-state index contributed by atoms with van der Waals surface area (Å²) >= 11 is 0. The van der Waals surface area contributed by atoms with E-state index in [2.05, 4.69) is 50.8 Å². The lowest BCUT2D eigenvalue weighted by Crippen LogP contribution is -2.38. The maximum atomic E-state index is 4.52. The van der Waals surface area contributed by atoms with Crippen LogP contribution in [0.4, 0.5) is 0 Å². The normalized spacial score (nSPS) is 18.9. The third-order valence-electron chi connectivity index (χ3n) is 3.99. The van der Waals surface area contributed by atoms with Crippen LogP contribution >= 0.6 is 0 Å². The van der Waals surface area contributed by atoms with Gasteiger partial charge in [-0.25, -0.2) is 0 Å². The fourth-order valence-corrected chi connectivity index (χ4v) is 2.96. The fourth-order valence-electron chi connectivity index (χ4n) is 2.96. The van der Waals surface area contributed by atoms with Crippen molar-refractivity contribution in [3.05, 3.63) is 48.0 Å². The van der Waals surface area contributed by atoms with Gasteiger partial charge < -0.3 is 4.90 Å². The lowest BCUT2D eigenvalue weighted by molar-refractivity contribution is 0.155. The summed E-state index contributed by atoms with van der Waals surface area (Å²) in [5.74, 6) is 0.